The average molecular weight is 306 g/mol. The molecule has 0 amide bonds. The van der Waals surface area contributed by atoms with E-state index in [1.807, 2.05) is 60.7 Å². The average Bonchev–Trinajstić information content (AvgIpc) is 2.62. The molecule has 3 rings (SSSR count). The summed E-state index contributed by atoms with van der Waals surface area (Å²) in [7, 11) is 1.60. The van der Waals surface area contributed by atoms with Gasteiger partial charge in [0.15, 0.2) is 0 Å². The van der Waals surface area contributed by atoms with Gasteiger partial charge in [0.2, 0.25) is 5.88 Å². The number of methoxy groups -OCH3 is 1. The van der Waals surface area contributed by atoms with Crippen molar-refractivity contribution in [3.63, 3.8) is 0 Å². The van der Waals surface area contributed by atoms with Crippen LogP contribution in [0.1, 0.15) is 5.56 Å². The highest BCUT2D eigenvalue weighted by molar-refractivity contribution is 5.69. The van der Waals surface area contributed by atoms with Gasteiger partial charge in [-0.1, -0.05) is 36.4 Å². The molecule has 0 spiro atoms. The second-order valence-electron chi connectivity index (χ2n) is 5.12. The summed E-state index contributed by atoms with van der Waals surface area (Å²) in [6.07, 6.45) is 1.77. The molecule has 0 bridgehead atoms. The predicted molar refractivity (Wildman–Crippen MR) is 91.4 cm³/mol. The maximum absolute atomic E-state index is 6.02. The van der Waals surface area contributed by atoms with Gasteiger partial charge < -0.3 is 15.2 Å². The molecule has 0 fully saturated rings. The van der Waals surface area contributed by atoms with Gasteiger partial charge in [-0.3, -0.25) is 0 Å². The maximum Gasteiger partial charge on any atom is 0.212 e. The van der Waals surface area contributed by atoms with Crippen LogP contribution in [0, 0.1) is 0 Å². The normalized spacial score (nSPS) is 10.3. The Morgan fingerprint density at radius 1 is 0.957 bits per heavy atom. The standard InChI is InChI=1S/C19H18N2O2/c1-22-19-10-8-16(12-21-19)15-7-9-17(20)18(11-15)23-13-14-5-3-2-4-6-14/h2-12H,13,20H2,1H3. The van der Waals surface area contributed by atoms with E-state index in [1.54, 1.807) is 13.3 Å². The summed E-state index contributed by atoms with van der Waals surface area (Å²) in [6.45, 7) is 0.482. The Morgan fingerprint density at radius 2 is 1.74 bits per heavy atom. The van der Waals surface area contributed by atoms with E-state index in [2.05, 4.69) is 4.98 Å². The summed E-state index contributed by atoms with van der Waals surface area (Å²) in [5.74, 6) is 1.26. The Balaban J connectivity index is 1.80. The molecular formula is C19H18N2O2. The van der Waals surface area contributed by atoms with Crippen molar-refractivity contribution in [1.29, 1.82) is 0 Å². The summed E-state index contributed by atoms with van der Waals surface area (Å²) in [4.78, 5) is 4.22. The second kappa shape index (κ2) is 6.83. The Morgan fingerprint density at radius 3 is 2.43 bits per heavy atom. The molecule has 0 aliphatic heterocycles. The van der Waals surface area contributed by atoms with Crippen LogP contribution in [0.4, 0.5) is 5.69 Å². The predicted octanol–water partition coefficient (Wildman–Crippen LogP) is 3.92. The number of hydrogen-bond donors (Lipinski definition) is 1. The van der Waals surface area contributed by atoms with E-state index in [-0.39, 0.29) is 0 Å². The van der Waals surface area contributed by atoms with Gasteiger partial charge in [0.1, 0.15) is 12.4 Å². The fraction of sp³-hybridized carbons (Fsp3) is 0.105. The van der Waals surface area contributed by atoms with Crippen LogP contribution >= 0.6 is 0 Å². The van der Waals surface area contributed by atoms with E-state index >= 15 is 0 Å². The zero-order chi connectivity index (χ0) is 16.1. The second-order valence-corrected chi connectivity index (χ2v) is 5.12. The Labute approximate surface area is 135 Å². The van der Waals surface area contributed by atoms with Crippen molar-refractivity contribution in [2.45, 2.75) is 6.61 Å². The number of hydrogen-bond acceptors (Lipinski definition) is 4. The number of aromatic nitrogens is 1. The van der Waals surface area contributed by atoms with Gasteiger partial charge in [-0.05, 0) is 29.3 Å². The minimum atomic E-state index is 0.482. The van der Waals surface area contributed by atoms with Gasteiger partial charge >= 0.3 is 0 Å². The lowest BCUT2D eigenvalue weighted by Gasteiger charge is -2.11. The quantitative estimate of drug-likeness (QED) is 0.726. The van der Waals surface area contributed by atoms with Crippen LogP contribution in [-0.2, 0) is 6.61 Å². The van der Waals surface area contributed by atoms with Gasteiger partial charge in [0, 0.05) is 17.8 Å². The summed E-state index contributed by atoms with van der Waals surface area (Å²) < 4.78 is 10.9. The summed E-state index contributed by atoms with van der Waals surface area (Å²) in [6, 6.07) is 19.5. The van der Waals surface area contributed by atoms with Gasteiger partial charge in [-0.2, -0.15) is 0 Å². The smallest absolute Gasteiger partial charge is 0.212 e. The highest BCUT2D eigenvalue weighted by atomic mass is 16.5. The number of anilines is 1. The monoisotopic (exact) mass is 306 g/mol. The van der Waals surface area contributed by atoms with E-state index in [0.717, 1.165) is 16.7 Å². The lowest BCUT2D eigenvalue weighted by molar-refractivity contribution is 0.308. The van der Waals surface area contributed by atoms with Crippen molar-refractivity contribution in [3.8, 4) is 22.8 Å². The lowest BCUT2D eigenvalue weighted by Crippen LogP contribution is -1.99. The first-order valence-corrected chi connectivity index (χ1v) is 7.33. The molecular weight excluding hydrogens is 288 g/mol. The molecule has 0 aliphatic carbocycles. The molecule has 0 saturated heterocycles. The molecule has 0 aliphatic rings. The third-order valence-corrected chi connectivity index (χ3v) is 3.53. The summed E-state index contributed by atoms with van der Waals surface area (Å²) in [5, 5.41) is 0. The van der Waals surface area contributed by atoms with Gasteiger partial charge in [0.25, 0.3) is 0 Å². The summed E-state index contributed by atoms with van der Waals surface area (Å²) >= 11 is 0. The first kappa shape index (κ1) is 14.9. The molecule has 3 aromatic rings. The van der Waals surface area contributed by atoms with Crippen molar-refractivity contribution >= 4 is 5.69 Å². The van der Waals surface area contributed by atoms with Gasteiger partial charge in [-0.15, -0.1) is 0 Å². The summed E-state index contributed by atoms with van der Waals surface area (Å²) in [5.41, 5.74) is 9.71. The Bertz CT molecular complexity index is 771. The molecule has 0 radical (unpaired) electrons. The van der Waals surface area contributed by atoms with Gasteiger partial charge in [-0.25, -0.2) is 4.98 Å². The molecule has 4 heteroatoms. The highest BCUT2D eigenvalue weighted by Gasteiger charge is 2.06. The fourth-order valence-corrected chi connectivity index (χ4v) is 2.25. The van der Waals surface area contributed by atoms with Crippen molar-refractivity contribution in [2.75, 3.05) is 12.8 Å². The molecule has 1 heterocycles. The molecule has 0 atom stereocenters. The van der Waals surface area contributed by atoms with E-state index in [9.17, 15) is 0 Å². The number of nitrogens with zero attached hydrogens (tertiary/aromatic N) is 1. The molecule has 0 saturated carbocycles. The number of nitrogen functional groups attached to an aromatic ring is 1. The molecule has 1 aromatic heterocycles. The number of pyridine rings is 1. The Hall–Kier alpha value is -3.01. The number of nitrogens with two attached hydrogens (primary N) is 1. The van der Waals surface area contributed by atoms with E-state index in [1.165, 1.54) is 0 Å². The van der Waals surface area contributed by atoms with Crippen LogP contribution in [-0.4, -0.2) is 12.1 Å². The largest absolute Gasteiger partial charge is 0.487 e. The molecule has 4 nitrogen and oxygen atoms in total. The highest BCUT2D eigenvalue weighted by Crippen LogP contribution is 2.29. The number of benzene rings is 2. The molecule has 2 N–H and O–H groups in total. The number of rotatable bonds is 5. The minimum Gasteiger partial charge on any atom is -0.487 e. The third-order valence-electron chi connectivity index (χ3n) is 3.53. The maximum atomic E-state index is 6.02. The van der Waals surface area contributed by atoms with Crippen molar-refractivity contribution in [3.05, 3.63) is 72.4 Å². The van der Waals surface area contributed by atoms with Crippen LogP contribution in [0.5, 0.6) is 11.6 Å². The van der Waals surface area contributed by atoms with E-state index < -0.39 is 0 Å². The van der Waals surface area contributed by atoms with Crippen LogP contribution in [0.15, 0.2) is 66.9 Å². The third kappa shape index (κ3) is 3.61. The lowest BCUT2D eigenvalue weighted by atomic mass is 10.1. The van der Waals surface area contributed by atoms with Crippen molar-refractivity contribution in [2.24, 2.45) is 0 Å². The van der Waals surface area contributed by atoms with Crippen LogP contribution in [0.3, 0.4) is 0 Å². The molecule has 23 heavy (non-hydrogen) atoms. The molecule has 116 valence electrons. The zero-order valence-corrected chi connectivity index (χ0v) is 12.9. The first-order chi connectivity index (χ1) is 11.3. The Kier molecular flexibility index (Phi) is 4.43. The van der Waals surface area contributed by atoms with Gasteiger partial charge in [0.05, 0.1) is 12.8 Å². The fourth-order valence-electron chi connectivity index (χ4n) is 2.25. The van der Waals surface area contributed by atoms with Crippen LogP contribution in [0.2, 0.25) is 0 Å². The van der Waals surface area contributed by atoms with Crippen LogP contribution in [0.25, 0.3) is 11.1 Å². The topological polar surface area (TPSA) is 57.4 Å². The van der Waals surface area contributed by atoms with Crippen molar-refractivity contribution in [1.82, 2.24) is 4.98 Å². The minimum absolute atomic E-state index is 0.482. The van der Waals surface area contributed by atoms with E-state index in [0.29, 0.717) is 23.9 Å². The van der Waals surface area contributed by atoms with Crippen LogP contribution < -0.4 is 15.2 Å². The number of ether oxygens (including phenoxy) is 2. The molecule has 2 aromatic carbocycles. The van der Waals surface area contributed by atoms with Crippen molar-refractivity contribution < 1.29 is 9.47 Å². The molecule has 0 unspecified atom stereocenters. The SMILES string of the molecule is COc1ccc(-c2ccc(N)c(OCc3ccccc3)c2)cn1. The first-order valence-electron chi connectivity index (χ1n) is 7.33. The van der Waals surface area contributed by atoms with E-state index in [4.69, 9.17) is 15.2 Å². The zero-order valence-electron chi connectivity index (χ0n) is 12.9.